The van der Waals surface area contributed by atoms with Gasteiger partial charge in [0.2, 0.25) is 0 Å². The van der Waals surface area contributed by atoms with Gasteiger partial charge in [-0.1, -0.05) is 12.1 Å². The third kappa shape index (κ3) is 4.80. The van der Waals surface area contributed by atoms with Crippen LogP contribution < -0.4 is 0 Å². The molecular weight excluding hydrogens is 222 g/mol. The Bertz CT molecular complexity index is 304. The van der Waals surface area contributed by atoms with Crippen LogP contribution >= 0.6 is 0 Å². The number of ether oxygens (including phenoxy) is 2. The summed E-state index contributed by atoms with van der Waals surface area (Å²) in [5.74, 6) is 0. The number of aromatic nitrogens is 3. The molecule has 0 saturated carbocycles. The first-order chi connectivity index (χ1) is 8.29. The number of methoxy groups -OCH3 is 1. The van der Waals surface area contributed by atoms with Crippen LogP contribution in [0.3, 0.4) is 0 Å². The Morgan fingerprint density at radius 1 is 1.41 bits per heavy atom. The van der Waals surface area contributed by atoms with Gasteiger partial charge in [0, 0.05) is 26.7 Å². The minimum Gasteiger partial charge on any atom is -0.387 e. The van der Waals surface area contributed by atoms with Gasteiger partial charge < -0.3 is 14.6 Å². The second-order valence-electron chi connectivity index (χ2n) is 3.79. The first-order valence-corrected chi connectivity index (χ1v) is 5.92. The van der Waals surface area contributed by atoms with E-state index >= 15 is 0 Å². The molecule has 0 aromatic carbocycles. The highest BCUT2D eigenvalue weighted by Crippen LogP contribution is 2.15. The second kappa shape index (κ2) is 8.16. The fourth-order valence-corrected chi connectivity index (χ4v) is 1.50. The lowest BCUT2D eigenvalue weighted by Gasteiger charge is -2.12. The summed E-state index contributed by atoms with van der Waals surface area (Å²) in [5.41, 5.74) is 0.752. The highest BCUT2D eigenvalue weighted by molar-refractivity contribution is 4.98. The molecular formula is C11H21N3O3. The molecule has 0 aliphatic carbocycles. The van der Waals surface area contributed by atoms with Crippen LogP contribution in [0.4, 0.5) is 0 Å². The molecule has 1 unspecified atom stereocenters. The zero-order chi connectivity index (χ0) is 12.5. The van der Waals surface area contributed by atoms with Gasteiger partial charge >= 0.3 is 0 Å². The smallest absolute Gasteiger partial charge is 0.0995 e. The van der Waals surface area contributed by atoms with Gasteiger partial charge in [0.05, 0.1) is 31.2 Å². The van der Waals surface area contributed by atoms with Crippen molar-refractivity contribution in [3.8, 4) is 0 Å². The van der Waals surface area contributed by atoms with Crippen molar-refractivity contribution in [2.45, 2.75) is 32.4 Å². The lowest BCUT2D eigenvalue weighted by molar-refractivity contribution is 0.0456. The van der Waals surface area contributed by atoms with E-state index in [4.69, 9.17) is 9.47 Å². The first-order valence-electron chi connectivity index (χ1n) is 5.92. The Balaban J connectivity index is 2.30. The fourth-order valence-electron chi connectivity index (χ4n) is 1.50. The van der Waals surface area contributed by atoms with Crippen LogP contribution in [0.2, 0.25) is 0 Å². The topological polar surface area (TPSA) is 69.4 Å². The molecule has 0 radical (unpaired) electrons. The zero-order valence-electron chi connectivity index (χ0n) is 10.5. The van der Waals surface area contributed by atoms with Gasteiger partial charge in [-0.05, 0) is 6.42 Å². The van der Waals surface area contributed by atoms with Crippen molar-refractivity contribution in [2.75, 3.05) is 26.9 Å². The molecule has 17 heavy (non-hydrogen) atoms. The van der Waals surface area contributed by atoms with E-state index in [0.29, 0.717) is 26.2 Å². The van der Waals surface area contributed by atoms with Gasteiger partial charge in [0.25, 0.3) is 0 Å². The van der Waals surface area contributed by atoms with Crippen LogP contribution in [0, 0.1) is 0 Å². The number of hydrogen-bond donors (Lipinski definition) is 1. The van der Waals surface area contributed by atoms with Crippen LogP contribution in [0.15, 0.2) is 6.20 Å². The maximum atomic E-state index is 9.96. The van der Waals surface area contributed by atoms with Crippen LogP contribution in [0.1, 0.15) is 31.6 Å². The predicted molar refractivity (Wildman–Crippen MR) is 62.6 cm³/mol. The molecule has 0 bridgehead atoms. The maximum Gasteiger partial charge on any atom is 0.0995 e. The van der Waals surface area contributed by atoms with Gasteiger partial charge in [-0.3, -0.25) is 0 Å². The summed E-state index contributed by atoms with van der Waals surface area (Å²) < 4.78 is 11.9. The summed E-state index contributed by atoms with van der Waals surface area (Å²) in [5, 5.41) is 17.7. The van der Waals surface area contributed by atoms with E-state index in [-0.39, 0.29) is 0 Å². The summed E-state index contributed by atoms with van der Waals surface area (Å²) >= 11 is 0. The van der Waals surface area contributed by atoms with E-state index in [0.717, 1.165) is 18.7 Å². The van der Waals surface area contributed by atoms with Crippen LogP contribution in [0.25, 0.3) is 0 Å². The van der Waals surface area contributed by atoms with Gasteiger partial charge in [0.1, 0.15) is 0 Å². The monoisotopic (exact) mass is 243 g/mol. The van der Waals surface area contributed by atoms with Crippen molar-refractivity contribution in [1.29, 1.82) is 0 Å². The van der Waals surface area contributed by atoms with E-state index in [1.165, 1.54) is 0 Å². The minimum absolute atomic E-state index is 0.502. The van der Waals surface area contributed by atoms with Crippen LogP contribution in [-0.2, 0) is 16.0 Å². The number of aliphatic hydroxyl groups is 1. The third-order valence-corrected chi connectivity index (χ3v) is 2.39. The summed E-state index contributed by atoms with van der Waals surface area (Å²) in [7, 11) is 1.63. The van der Waals surface area contributed by atoms with E-state index < -0.39 is 6.10 Å². The van der Waals surface area contributed by atoms with Crippen molar-refractivity contribution in [3.05, 3.63) is 11.9 Å². The van der Waals surface area contributed by atoms with Crippen molar-refractivity contribution in [3.63, 3.8) is 0 Å². The molecule has 1 rings (SSSR count). The third-order valence-electron chi connectivity index (χ3n) is 2.39. The number of hydrogen-bond acceptors (Lipinski definition) is 5. The lowest BCUT2D eigenvalue weighted by atomic mass is 10.2. The summed E-state index contributed by atoms with van der Waals surface area (Å²) in [6.07, 6.45) is 2.54. The fraction of sp³-hybridized carbons (Fsp3) is 0.818. The molecule has 0 aliphatic heterocycles. The standard InChI is InChI=1S/C11H21N3O3/c1-3-5-14-10(9-12-13-14)11(15)4-6-17-8-7-16-2/h9,11,15H,3-8H2,1-2H3. The Morgan fingerprint density at radius 2 is 2.24 bits per heavy atom. The normalized spacial score (nSPS) is 12.9. The quantitative estimate of drug-likeness (QED) is 0.649. The number of aryl methyl sites for hydroxylation is 1. The molecule has 0 amide bonds. The molecule has 1 N–H and O–H groups in total. The molecule has 1 aromatic rings. The highest BCUT2D eigenvalue weighted by Gasteiger charge is 2.13. The summed E-state index contributed by atoms with van der Waals surface area (Å²) in [6.45, 7) is 4.46. The van der Waals surface area contributed by atoms with Crippen molar-refractivity contribution in [1.82, 2.24) is 15.0 Å². The van der Waals surface area contributed by atoms with Gasteiger partial charge in [-0.2, -0.15) is 0 Å². The first kappa shape index (κ1) is 14.1. The van der Waals surface area contributed by atoms with Crippen molar-refractivity contribution in [2.24, 2.45) is 0 Å². The van der Waals surface area contributed by atoms with E-state index in [9.17, 15) is 5.11 Å². The molecule has 1 atom stereocenters. The maximum absolute atomic E-state index is 9.96. The largest absolute Gasteiger partial charge is 0.387 e. The Morgan fingerprint density at radius 3 is 2.94 bits per heavy atom. The van der Waals surface area contributed by atoms with E-state index in [1.54, 1.807) is 18.0 Å². The highest BCUT2D eigenvalue weighted by atomic mass is 16.5. The lowest BCUT2D eigenvalue weighted by Crippen LogP contribution is -2.12. The molecule has 0 saturated heterocycles. The molecule has 0 fully saturated rings. The second-order valence-corrected chi connectivity index (χ2v) is 3.79. The molecule has 0 aliphatic rings. The van der Waals surface area contributed by atoms with Crippen LogP contribution in [-0.4, -0.2) is 47.0 Å². The number of aliphatic hydroxyl groups excluding tert-OH is 1. The molecule has 1 heterocycles. The summed E-state index contributed by atoms with van der Waals surface area (Å²) in [6, 6.07) is 0. The van der Waals surface area contributed by atoms with Crippen molar-refractivity contribution >= 4 is 0 Å². The van der Waals surface area contributed by atoms with Gasteiger partial charge in [0.15, 0.2) is 0 Å². The predicted octanol–water partition coefficient (Wildman–Crippen LogP) is 0.775. The average Bonchev–Trinajstić information content (AvgIpc) is 2.77. The van der Waals surface area contributed by atoms with E-state index in [2.05, 4.69) is 17.2 Å². The van der Waals surface area contributed by atoms with E-state index in [1.807, 2.05) is 0 Å². The minimum atomic E-state index is -0.570. The molecule has 0 spiro atoms. The zero-order valence-corrected chi connectivity index (χ0v) is 10.5. The Kier molecular flexibility index (Phi) is 6.76. The number of rotatable bonds is 9. The number of nitrogens with zero attached hydrogens (tertiary/aromatic N) is 3. The molecule has 6 nitrogen and oxygen atoms in total. The SMILES string of the molecule is CCCn1nncc1C(O)CCOCCOC. The Hall–Kier alpha value is -0.980. The molecule has 98 valence electrons. The molecule has 6 heteroatoms. The van der Waals surface area contributed by atoms with Gasteiger partial charge in [-0.15, -0.1) is 5.10 Å². The van der Waals surface area contributed by atoms with Gasteiger partial charge in [-0.25, -0.2) is 4.68 Å². The van der Waals surface area contributed by atoms with Crippen molar-refractivity contribution < 1.29 is 14.6 Å². The Labute approximate surface area is 102 Å². The van der Waals surface area contributed by atoms with Crippen LogP contribution in [0.5, 0.6) is 0 Å². The molecule has 1 aromatic heterocycles. The summed E-state index contributed by atoms with van der Waals surface area (Å²) in [4.78, 5) is 0. The average molecular weight is 243 g/mol.